The fourth-order valence-electron chi connectivity index (χ4n) is 2.50. The molecule has 0 N–H and O–H groups in total. The fourth-order valence-corrected chi connectivity index (χ4v) is 2.50. The molecular weight excluding hydrogens is 168 g/mol. The molecule has 1 unspecified atom stereocenters. The average molecular weight is 200 g/mol. The second kappa shape index (κ2) is 11.1. The first-order chi connectivity index (χ1) is 6.29. The lowest BCUT2D eigenvalue weighted by atomic mass is 9.81. The fraction of sp³-hybridized carbons (Fsp3) is 1.00. The molecule has 0 nitrogen and oxygen atoms in total. The van der Waals surface area contributed by atoms with E-state index in [9.17, 15) is 0 Å². The van der Waals surface area contributed by atoms with Gasteiger partial charge < -0.3 is 0 Å². The second-order valence-electron chi connectivity index (χ2n) is 4.29. The molecule has 0 aromatic heterocycles. The molecule has 0 aliphatic rings. The molecule has 0 heteroatoms. The van der Waals surface area contributed by atoms with Gasteiger partial charge in [0.1, 0.15) is 0 Å². The Morgan fingerprint density at radius 2 is 1.00 bits per heavy atom. The Labute approximate surface area is 92.5 Å². The summed E-state index contributed by atoms with van der Waals surface area (Å²) in [6, 6.07) is 0. The Morgan fingerprint density at radius 3 is 1.29 bits per heavy atom. The third-order valence-corrected chi connectivity index (χ3v) is 3.17. The Bertz CT molecular complexity index is 90.2. The van der Waals surface area contributed by atoms with Crippen LogP contribution in [0, 0.1) is 11.8 Å². The highest BCUT2D eigenvalue weighted by Gasteiger charge is 2.17. The van der Waals surface area contributed by atoms with Crippen LogP contribution < -0.4 is 0 Å². The summed E-state index contributed by atoms with van der Waals surface area (Å²) in [4.78, 5) is 0. The summed E-state index contributed by atoms with van der Waals surface area (Å²) >= 11 is 0. The van der Waals surface area contributed by atoms with Gasteiger partial charge in [-0.15, -0.1) is 0 Å². The monoisotopic (exact) mass is 200 g/mol. The van der Waals surface area contributed by atoms with Crippen molar-refractivity contribution >= 4 is 0 Å². The second-order valence-corrected chi connectivity index (χ2v) is 4.29. The lowest BCUT2D eigenvalue weighted by Gasteiger charge is -2.25. The highest BCUT2D eigenvalue weighted by molar-refractivity contribution is 4.68. The van der Waals surface area contributed by atoms with Gasteiger partial charge in [0, 0.05) is 0 Å². The van der Waals surface area contributed by atoms with Crippen LogP contribution in [0.2, 0.25) is 0 Å². The smallest absolute Gasteiger partial charge is 0.0386 e. The normalized spacial score (nSPS) is 12.6. The average Bonchev–Trinajstić information content (AvgIpc) is 2.14. The summed E-state index contributed by atoms with van der Waals surface area (Å²) in [6.07, 6.45) is 9.83. The first-order valence-corrected chi connectivity index (χ1v) is 6.29. The van der Waals surface area contributed by atoms with Gasteiger partial charge in [-0.1, -0.05) is 80.1 Å². The predicted molar refractivity (Wildman–Crippen MR) is 68.7 cm³/mol. The highest BCUT2D eigenvalue weighted by atomic mass is 14.2. The van der Waals surface area contributed by atoms with Crippen LogP contribution in [-0.4, -0.2) is 0 Å². The van der Waals surface area contributed by atoms with E-state index in [1.54, 1.807) is 0 Å². The zero-order chi connectivity index (χ0) is 10.1. The van der Waals surface area contributed by atoms with Crippen molar-refractivity contribution in [1.82, 2.24) is 0 Å². The van der Waals surface area contributed by atoms with E-state index in [1.807, 2.05) is 0 Å². The minimum Gasteiger partial charge on any atom is -0.0776 e. The van der Waals surface area contributed by atoms with Crippen LogP contribution in [-0.2, 0) is 0 Å². The van der Waals surface area contributed by atoms with Gasteiger partial charge >= 0.3 is 0 Å². The van der Waals surface area contributed by atoms with E-state index in [1.165, 1.54) is 44.9 Å². The van der Waals surface area contributed by atoms with Gasteiger partial charge in [0.15, 0.2) is 0 Å². The molecule has 0 aliphatic carbocycles. The maximum atomic E-state index is 2.36. The zero-order valence-electron chi connectivity index (χ0n) is 10.1. The van der Waals surface area contributed by atoms with Gasteiger partial charge in [0.25, 0.3) is 0 Å². The van der Waals surface area contributed by atoms with E-state index in [0.29, 0.717) is 0 Å². The SMILES string of the molecule is C.CCCC(CC)C(CCC)CCC. The molecular formula is C14H32. The Balaban J connectivity index is 0. The van der Waals surface area contributed by atoms with Crippen molar-refractivity contribution in [2.75, 3.05) is 0 Å². The molecule has 0 saturated heterocycles. The van der Waals surface area contributed by atoms with Crippen molar-refractivity contribution < 1.29 is 0 Å². The van der Waals surface area contributed by atoms with Crippen LogP contribution in [0.4, 0.5) is 0 Å². The molecule has 0 aromatic rings. The zero-order valence-corrected chi connectivity index (χ0v) is 10.1. The summed E-state index contributed by atoms with van der Waals surface area (Å²) in [5.41, 5.74) is 0. The summed E-state index contributed by atoms with van der Waals surface area (Å²) in [5, 5.41) is 0. The number of hydrogen-bond donors (Lipinski definition) is 0. The molecule has 0 heterocycles. The minimum atomic E-state index is 0. The Morgan fingerprint density at radius 1 is 0.643 bits per heavy atom. The number of rotatable bonds is 8. The van der Waals surface area contributed by atoms with Gasteiger partial charge in [-0.25, -0.2) is 0 Å². The van der Waals surface area contributed by atoms with Crippen LogP contribution in [0.1, 0.15) is 80.1 Å². The van der Waals surface area contributed by atoms with E-state index in [0.717, 1.165) is 11.8 Å². The summed E-state index contributed by atoms with van der Waals surface area (Å²) in [5.74, 6) is 2.02. The molecule has 0 fully saturated rings. The molecule has 0 amide bonds. The Hall–Kier alpha value is 0. The predicted octanol–water partition coefficient (Wildman–Crippen LogP) is 5.67. The van der Waals surface area contributed by atoms with Crippen LogP contribution in [0.5, 0.6) is 0 Å². The quantitative estimate of drug-likeness (QED) is 0.474. The molecule has 0 rings (SSSR count). The molecule has 0 aromatic carbocycles. The van der Waals surface area contributed by atoms with Gasteiger partial charge in [-0.05, 0) is 11.8 Å². The third-order valence-electron chi connectivity index (χ3n) is 3.17. The lowest BCUT2D eigenvalue weighted by Crippen LogP contribution is -2.13. The van der Waals surface area contributed by atoms with Gasteiger partial charge in [-0.2, -0.15) is 0 Å². The van der Waals surface area contributed by atoms with Gasteiger partial charge in [-0.3, -0.25) is 0 Å². The number of hydrogen-bond acceptors (Lipinski definition) is 0. The van der Waals surface area contributed by atoms with Crippen molar-refractivity contribution in [3.8, 4) is 0 Å². The van der Waals surface area contributed by atoms with Crippen LogP contribution in [0.3, 0.4) is 0 Å². The highest BCUT2D eigenvalue weighted by Crippen LogP contribution is 2.29. The van der Waals surface area contributed by atoms with Crippen molar-refractivity contribution in [1.29, 1.82) is 0 Å². The van der Waals surface area contributed by atoms with Crippen LogP contribution >= 0.6 is 0 Å². The van der Waals surface area contributed by atoms with Crippen molar-refractivity contribution in [3.63, 3.8) is 0 Å². The molecule has 0 bridgehead atoms. The van der Waals surface area contributed by atoms with Crippen LogP contribution in [0.25, 0.3) is 0 Å². The summed E-state index contributed by atoms with van der Waals surface area (Å²) in [7, 11) is 0. The van der Waals surface area contributed by atoms with Crippen molar-refractivity contribution in [3.05, 3.63) is 0 Å². The molecule has 0 saturated carbocycles. The van der Waals surface area contributed by atoms with Crippen molar-refractivity contribution in [2.24, 2.45) is 11.8 Å². The van der Waals surface area contributed by atoms with Gasteiger partial charge in [0.2, 0.25) is 0 Å². The van der Waals surface area contributed by atoms with Gasteiger partial charge in [0.05, 0.1) is 0 Å². The molecule has 0 aliphatic heterocycles. The molecule has 14 heavy (non-hydrogen) atoms. The largest absolute Gasteiger partial charge is 0.0776 e. The van der Waals surface area contributed by atoms with Crippen LogP contribution in [0.15, 0.2) is 0 Å². The molecule has 1 atom stereocenters. The molecule has 0 radical (unpaired) electrons. The summed E-state index contributed by atoms with van der Waals surface area (Å²) < 4.78 is 0. The third kappa shape index (κ3) is 6.45. The van der Waals surface area contributed by atoms with E-state index in [2.05, 4.69) is 27.7 Å². The van der Waals surface area contributed by atoms with Crippen molar-refractivity contribution in [2.45, 2.75) is 80.1 Å². The molecule has 88 valence electrons. The van der Waals surface area contributed by atoms with E-state index < -0.39 is 0 Å². The summed E-state index contributed by atoms with van der Waals surface area (Å²) in [6.45, 7) is 9.32. The maximum absolute atomic E-state index is 2.36. The van der Waals surface area contributed by atoms with E-state index in [4.69, 9.17) is 0 Å². The topological polar surface area (TPSA) is 0 Å². The van der Waals surface area contributed by atoms with E-state index >= 15 is 0 Å². The first-order valence-electron chi connectivity index (χ1n) is 6.29. The first kappa shape index (κ1) is 16.4. The lowest BCUT2D eigenvalue weighted by molar-refractivity contribution is 0.264. The van der Waals surface area contributed by atoms with E-state index in [-0.39, 0.29) is 7.43 Å². The molecule has 0 spiro atoms. The Kier molecular flexibility index (Phi) is 13.0. The standard InChI is InChI=1S/C13H28.CH4/c1-5-9-12(8-4)13(10-6-2)11-7-3;/h12-13H,5-11H2,1-4H3;1H4. The maximum Gasteiger partial charge on any atom is -0.0386 e. The minimum absolute atomic E-state index is 0.